The van der Waals surface area contributed by atoms with E-state index in [0.717, 1.165) is 17.2 Å². The van der Waals surface area contributed by atoms with Gasteiger partial charge in [0.25, 0.3) is 0 Å². The van der Waals surface area contributed by atoms with Crippen LogP contribution in [-0.2, 0) is 6.18 Å². The number of aromatic nitrogens is 4. The number of anilines is 2. The van der Waals surface area contributed by atoms with Crippen LogP contribution in [0.2, 0.25) is 0 Å². The molecule has 0 bridgehead atoms. The molecule has 9 heteroatoms. The maximum atomic E-state index is 13.1. The Kier molecular flexibility index (Phi) is 4.47. The molecule has 0 unspecified atom stereocenters. The van der Waals surface area contributed by atoms with Gasteiger partial charge in [-0.25, -0.2) is 9.97 Å². The minimum atomic E-state index is -4.58. The number of H-pyrrole nitrogens is 1. The molecule has 0 aliphatic carbocycles. The largest absolute Gasteiger partial charge is 0.477 e. The molecule has 132 valence electrons. The number of alkyl halides is 3. The molecule has 0 spiro atoms. The van der Waals surface area contributed by atoms with E-state index in [-0.39, 0.29) is 18.5 Å². The van der Waals surface area contributed by atoms with Crippen molar-refractivity contribution in [2.45, 2.75) is 20.0 Å². The molecule has 0 radical (unpaired) electrons. The number of aromatic amines is 1. The third-order valence-corrected chi connectivity index (χ3v) is 3.29. The lowest BCUT2D eigenvalue weighted by atomic mass is 10.2. The predicted molar refractivity (Wildman–Crippen MR) is 86.7 cm³/mol. The molecule has 0 amide bonds. The van der Waals surface area contributed by atoms with Gasteiger partial charge >= 0.3 is 6.18 Å². The van der Waals surface area contributed by atoms with Crippen LogP contribution in [0.5, 0.6) is 5.88 Å². The Labute approximate surface area is 141 Å². The molecular formula is C16H16F3N5O. The summed E-state index contributed by atoms with van der Waals surface area (Å²) < 4.78 is 44.5. The number of benzene rings is 1. The summed E-state index contributed by atoms with van der Waals surface area (Å²) in [5.74, 6) is -0.401. The van der Waals surface area contributed by atoms with Crippen LogP contribution in [0.1, 0.15) is 19.4 Å². The Bertz CT molecular complexity index is 876. The minimum Gasteiger partial charge on any atom is -0.477 e. The highest BCUT2D eigenvalue weighted by Gasteiger charge is 2.36. The maximum Gasteiger partial charge on any atom is 0.423 e. The summed E-state index contributed by atoms with van der Waals surface area (Å²) in [6.45, 7) is 3.81. The standard InChI is InChI=1S/C16H16F3N5O/c1-9(2)7-25-14-11(16(17,18)19)6-20-15(24-14)23-10-3-4-12-13(5-10)22-8-21-12/h3-6,8-9H,7H2,1-2H3,(H,21,22)(H,20,23,24). The van der Waals surface area contributed by atoms with Crippen molar-refractivity contribution >= 4 is 22.7 Å². The van der Waals surface area contributed by atoms with Crippen molar-refractivity contribution < 1.29 is 17.9 Å². The molecule has 6 nitrogen and oxygen atoms in total. The van der Waals surface area contributed by atoms with Gasteiger partial charge in [-0.1, -0.05) is 13.8 Å². The first-order valence-corrected chi connectivity index (χ1v) is 7.60. The molecule has 1 aromatic carbocycles. The highest BCUT2D eigenvalue weighted by atomic mass is 19.4. The molecular weight excluding hydrogens is 335 g/mol. The Hall–Kier alpha value is -2.84. The lowest BCUT2D eigenvalue weighted by molar-refractivity contribution is -0.139. The van der Waals surface area contributed by atoms with Crippen LogP contribution >= 0.6 is 0 Å². The van der Waals surface area contributed by atoms with Gasteiger partial charge in [-0.15, -0.1) is 0 Å². The smallest absolute Gasteiger partial charge is 0.423 e. The van der Waals surface area contributed by atoms with Crippen molar-refractivity contribution in [3.63, 3.8) is 0 Å². The number of nitrogens with zero attached hydrogens (tertiary/aromatic N) is 3. The van der Waals surface area contributed by atoms with Crippen LogP contribution in [0.15, 0.2) is 30.7 Å². The fourth-order valence-corrected chi connectivity index (χ4v) is 2.12. The number of halogens is 3. The fourth-order valence-electron chi connectivity index (χ4n) is 2.12. The number of hydrogen-bond acceptors (Lipinski definition) is 5. The van der Waals surface area contributed by atoms with Crippen LogP contribution < -0.4 is 10.1 Å². The van der Waals surface area contributed by atoms with Gasteiger partial charge in [-0.05, 0) is 24.1 Å². The average Bonchev–Trinajstić information content (AvgIpc) is 2.99. The summed E-state index contributed by atoms with van der Waals surface area (Å²) >= 11 is 0. The van der Waals surface area contributed by atoms with Gasteiger partial charge in [0.1, 0.15) is 5.56 Å². The number of imidazole rings is 1. The molecule has 0 saturated carbocycles. The summed E-state index contributed by atoms with van der Waals surface area (Å²) in [5, 5.41) is 2.88. The minimum absolute atomic E-state index is 0.0191. The quantitative estimate of drug-likeness (QED) is 0.722. The number of fused-ring (bicyclic) bond motifs is 1. The topological polar surface area (TPSA) is 75.7 Å². The van der Waals surface area contributed by atoms with E-state index in [0.29, 0.717) is 5.69 Å². The zero-order chi connectivity index (χ0) is 18.0. The van der Waals surface area contributed by atoms with Crippen LogP contribution in [0, 0.1) is 5.92 Å². The monoisotopic (exact) mass is 351 g/mol. The normalized spacial score (nSPS) is 11.9. The summed E-state index contributed by atoms with van der Waals surface area (Å²) in [6.07, 6.45) is -2.31. The van der Waals surface area contributed by atoms with E-state index in [1.807, 2.05) is 13.8 Å². The lowest BCUT2D eigenvalue weighted by Gasteiger charge is -2.15. The van der Waals surface area contributed by atoms with Gasteiger partial charge in [0, 0.05) is 11.9 Å². The van der Waals surface area contributed by atoms with Crippen molar-refractivity contribution in [2.24, 2.45) is 5.92 Å². The van der Waals surface area contributed by atoms with Crippen molar-refractivity contribution in [1.82, 2.24) is 19.9 Å². The lowest BCUT2D eigenvalue weighted by Crippen LogP contribution is -2.14. The van der Waals surface area contributed by atoms with Crippen LogP contribution in [0.25, 0.3) is 11.0 Å². The van der Waals surface area contributed by atoms with E-state index in [9.17, 15) is 13.2 Å². The molecule has 3 aromatic rings. The van der Waals surface area contributed by atoms with E-state index in [4.69, 9.17) is 4.74 Å². The predicted octanol–water partition coefficient (Wildman–Crippen LogP) is 4.15. The Morgan fingerprint density at radius 1 is 1.24 bits per heavy atom. The van der Waals surface area contributed by atoms with Crippen LogP contribution in [0.4, 0.5) is 24.8 Å². The summed E-state index contributed by atoms with van der Waals surface area (Å²) in [6, 6.07) is 5.27. The molecule has 0 aliphatic rings. The Balaban J connectivity index is 1.89. The van der Waals surface area contributed by atoms with Gasteiger partial charge in [0.05, 0.1) is 24.0 Å². The second kappa shape index (κ2) is 6.58. The number of hydrogen-bond donors (Lipinski definition) is 2. The number of ether oxygens (including phenoxy) is 1. The SMILES string of the molecule is CC(C)COc1nc(Nc2ccc3nc[nH]c3c2)ncc1C(F)(F)F. The maximum absolute atomic E-state index is 13.1. The third-order valence-electron chi connectivity index (χ3n) is 3.29. The molecule has 0 fully saturated rings. The first-order chi connectivity index (χ1) is 11.8. The zero-order valence-electron chi connectivity index (χ0n) is 13.6. The summed E-state index contributed by atoms with van der Waals surface area (Å²) in [5.41, 5.74) is 1.18. The first kappa shape index (κ1) is 17.0. The van der Waals surface area contributed by atoms with Gasteiger partial charge in [-0.2, -0.15) is 18.2 Å². The summed E-state index contributed by atoms with van der Waals surface area (Å²) in [4.78, 5) is 14.7. The molecule has 25 heavy (non-hydrogen) atoms. The van der Waals surface area contributed by atoms with E-state index in [1.54, 1.807) is 24.5 Å². The van der Waals surface area contributed by atoms with E-state index >= 15 is 0 Å². The Morgan fingerprint density at radius 3 is 2.76 bits per heavy atom. The Morgan fingerprint density at radius 2 is 2.04 bits per heavy atom. The average molecular weight is 351 g/mol. The fraction of sp³-hybridized carbons (Fsp3) is 0.312. The van der Waals surface area contributed by atoms with Crippen LogP contribution in [-0.4, -0.2) is 26.5 Å². The van der Waals surface area contributed by atoms with Crippen LogP contribution in [0.3, 0.4) is 0 Å². The molecule has 2 N–H and O–H groups in total. The molecule has 0 atom stereocenters. The number of rotatable bonds is 5. The second-order valence-electron chi connectivity index (χ2n) is 5.87. The molecule has 2 heterocycles. The molecule has 2 aromatic heterocycles. The zero-order valence-corrected chi connectivity index (χ0v) is 13.6. The van der Waals surface area contributed by atoms with Crippen molar-refractivity contribution in [3.8, 4) is 5.88 Å². The highest BCUT2D eigenvalue weighted by Crippen LogP contribution is 2.35. The first-order valence-electron chi connectivity index (χ1n) is 7.60. The van der Waals surface area contributed by atoms with Crippen molar-refractivity contribution in [3.05, 3.63) is 36.3 Å². The third kappa shape index (κ3) is 3.98. The molecule has 0 saturated heterocycles. The highest BCUT2D eigenvalue weighted by molar-refractivity contribution is 5.79. The van der Waals surface area contributed by atoms with E-state index in [1.165, 1.54) is 0 Å². The van der Waals surface area contributed by atoms with Gasteiger partial charge in [-0.3, -0.25) is 0 Å². The molecule has 3 rings (SSSR count). The van der Waals surface area contributed by atoms with Gasteiger partial charge in [0.2, 0.25) is 11.8 Å². The summed E-state index contributed by atoms with van der Waals surface area (Å²) in [7, 11) is 0. The second-order valence-corrected chi connectivity index (χ2v) is 5.87. The van der Waals surface area contributed by atoms with Gasteiger partial charge < -0.3 is 15.0 Å². The van der Waals surface area contributed by atoms with Gasteiger partial charge in [0.15, 0.2) is 0 Å². The molecule has 0 aliphatic heterocycles. The van der Waals surface area contributed by atoms with E-state index in [2.05, 4.69) is 25.3 Å². The van der Waals surface area contributed by atoms with Crippen molar-refractivity contribution in [2.75, 3.05) is 11.9 Å². The number of nitrogens with one attached hydrogen (secondary N) is 2. The van der Waals surface area contributed by atoms with E-state index < -0.39 is 17.6 Å². The van der Waals surface area contributed by atoms with Crippen molar-refractivity contribution in [1.29, 1.82) is 0 Å².